The SMILES string of the molecule is O=C(O)CC1CCCN1c1ccc(Cc2cccc(C(F)(F)F)c2)cc1. The molecule has 0 aliphatic carbocycles. The maximum Gasteiger partial charge on any atom is 0.416 e. The van der Waals surface area contributed by atoms with Crippen LogP contribution in [-0.4, -0.2) is 23.7 Å². The van der Waals surface area contributed by atoms with Crippen LogP contribution in [0.15, 0.2) is 48.5 Å². The standard InChI is InChI=1S/C20H20F3NO2/c21-20(22,23)16-4-1-3-15(12-16)11-14-6-8-17(9-7-14)24-10-2-5-18(24)13-19(25)26/h1,3-4,6-9,12,18H,2,5,10-11,13H2,(H,25,26). The quantitative estimate of drug-likeness (QED) is 0.834. The number of carboxylic acid groups (broad SMARTS) is 1. The zero-order chi connectivity index (χ0) is 18.7. The molecule has 0 saturated carbocycles. The summed E-state index contributed by atoms with van der Waals surface area (Å²) in [6.07, 6.45) is -1.98. The van der Waals surface area contributed by atoms with Gasteiger partial charge in [0.05, 0.1) is 12.0 Å². The molecule has 1 unspecified atom stereocenters. The Balaban J connectivity index is 1.71. The van der Waals surface area contributed by atoms with Crippen molar-refractivity contribution in [3.8, 4) is 0 Å². The lowest BCUT2D eigenvalue weighted by Gasteiger charge is -2.26. The van der Waals surface area contributed by atoms with Gasteiger partial charge in [0.15, 0.2) is 0 Å². The third-order valence-electron chi connectivity index (χ3n) is 4.72. The van der Waals surface area contributed by atoms with Gasteiger partial charge in [-0.25, -0.2) is 0 Å². The zero-order valence-corrected chi connectivity index (χ0v) is 14.2. The van der Waals surface area contributed by atoms with Crippen molar-refractivity contribution in [1.82, 2.24) is 0 Å². The van der Waals surface area contributed by atoms with Crippen molar-refractivity contribution in [1.29, 1.82) is 0 Å². The van der Waals surface area contributed by atoms with Gasteiger partial charge in [0.2, 0.25) is 0 Å². The molecule has 2 aromatic carbocycles. The van der Waals surface area contributed by atoms with Crippen LogP contribution in [-0.2, 0) is 17.4 Å². The molecule has 0 spiro atoms. The lowest BCUT2D eigenvalue weighted by Crippen LogP contribution is -2.31. The molecule has 1 heterocycles. The highest BCUT2D eigenvalue weighted by Crippen LogP contribution is 2.31. The number of hydrogen-bond donors (Lipinski definition) is 1. The Morgan fingerprint density at radius 2 is 1.85 bits per heavy atom. The van der Waals surface area contributed by atoms with E-state index in [2.05, 4.69) is 4.90 Å². The average Bonchev–Trinajstić information content (AvgIpc) is 3.02. The lowest BCUT2D eigenvalue weighted by atomic mass is 10.0. The fraction of sp³-hybridized carbons (Fsp3) is 0.350. The predicted octanol–water partition coefficient (Wildman–Crippen LogP) is 4.74. The minimum atomic E-state index is -4.34. The first-order chi connectivity index (χ1) is 12.3. The van der Waals surface area contributed by atoms with Crippen molar-refractivity contribution >= 4 is 11.7 Å². The van der Waals surface area contributed by atoms with E-state index >= 15 is 0 Å². The van der Waals surface area contributed by atoms with Gasteiger partial charge in [-0.1, -0.05) is 30.3 Å². The van der Waals surface area contributed by atoms with Crippen LogP contribution < -0.4 is 4.90 Å². The maximum atomic E-state index is 12.8. The van der Waals surface area contributed by atoms with E-state index in [1.165, 1.54) is 12.1 Å². The number of halogens is 3. The highest BCUT2D eigenvalue weighted by Gasteiger charge is 2.30. The Morgan fingerprint density at radius 1 is 1.12 bits per heavy atom. The summed E-state index contributed by atoms with van der Waals surface area (Å²) >= 11 is 0. The molecule has 0 bridgehead atoms. The van der Waals surface area contributed by atoms with Gasteiger partial charge >= 0.3 is 12.1 Å². The van der Waals surface area contributed by atoms with E-state index in [1.54, 1.807) is 6.07 Å². The van der Waals surface area contributed by atoms with Crippen LogP contribution in [0.25, 0.3) is 0 Å². The Hall–Kier alpha value is -2.50. The fourth-order valence-corrected chi connectivity index (χ4v) is 3.49. The van der Waals surface area contributed by atoms with Crippen LogP contribution in [0.5, 0.6) is 0 Å². The van der Waals surface area contributed by atoms with Gasteiger partial charge in [0, 0.05) is 18.3 Å². The molecule has 3 rings (SSSR count). The summed E-state index contributed by atoms with van der Waals surface area (Å²) in [7, 11) is 0. The van der Waals surface area contributed by atoms with Gasteiger partial charge in [-0.05, 0) is 48.6 Å². The van der Waals surface area contributed by atoms with Crippen LogP contribution in [0.1, 0.15) is 36.0 Å². The Bertz CT molecular complexity index is 771. The van der Waals surface area contributed by atoms with Crippen LogP contribution in [0.4, 0.5) is 18.9 Å². The number of carboxylic acids is 1. The van der Waals surface area contributed by atoms with Crippen molar-refractivity contribution in [2.45, 2.75) is 37.9 Å². The van der Waals surface area contributed by atoms with E-state index in [0.717, 1.165) is 36.7 Å². The number of aliphatic carboxylic acids is 1. The van der Waals surface area contributed by atoms with Gasteiger partial charge in [-0.15, -0.1) is 0 Å². The molecular weight excluding hydrogens is 343 g/mol. The second-order valence-corrected chi connectivity index (χ2v) is 6.63. The van der Waals surface area contributed by atoms with Crippen LogP contribution >= 0.6 is 0 Å². The van der Waals surface area contributed by atoms with E-state index < -0.39 is 17.7 Å². The number of hydrogen-bond acceptors (Lipinski definition) is 2. The molecule has 1 fully saturated rings. The first-order valence-corrected chi connectivity index (χ1v) is 8.56. The van der Waals surface area contributed by atoms with Crippen molar-refractivity contribution in [3.05, 3.63) is 65.2 Å². The Morgan fingerprint density at radius 3 is 2.50 bits per heavy atom. The minimum absolute atomic E-state index is 0.00168. The van der Waals surface area contributed by atoms with E-state index in [1.807, 2.05) is 24.3 Å². The number of nitrogens with zero attached hydrogens (tertiary/aromatic N) is 1. The topological polar surface area (TPSA) is 40.5 Å². The van der Waals surface area contributed by atoms with Crippen molar-refractivity contribution < 1.29 is 23.1 Å². The predicted molar refractivity (Wildman–Crippen MR) is 93.3 cm³/mol. The maximum absolute atomic E-state index is 12.8. The number of benzene rings is 2. The van der Waals surface area contributed by atoms with Crippen molar-refractivity contribution in [3.63, 3.8) is 0 Å². The molecule has 1 saturated heterocycles. The van der Waals surface area contributed by atoms with E-state index in [4.69, 9.17) is 5.11 Å². The molecule has 0 aromatic heterocycles. The Labute approximate surface area is 150 Å². The van der Waals surface area contributed by atoms with Gasteiger partial charge in [0.1, 0.15) is 0 Å². The molecule has 1 aliphatic heterocycles. The molecule has 138 valence electrons. The molecule has 2 aromatic rings. The summed E-state index contributed by atoms with van der Waals surface area (Å²) in [6, 6.07) is 13.0. The van der Waals surface area contributed by atoms with Crippen LogP contribution in [0.3, 0.4) is 0 Å². The van der Waals surface area contributed by atoms with Gasteiger partial charge in [-0.2, -0.15) is 13.2 Å². The second-order valence-electron chi connectivity index (χ2n) is 6.63. The number of carbonyl (C=O) groups is 1. The summed E-state index contributed by atoms with van der Waals surface area (Å²) < 4.78 is 38.4. The number of alkyl halides is 3. The average molecular weight is 363 g/mol. The Kier molecular flexibility index (Phi) is 5.20. The second kappa shape index (κ2) is 7.40. The molecule has 1 aliphatic rings. The molecule has 0 radical (unpaired) electrons. The zero-order valence-electron chi connectivity index (χ0n) is 14.2. The van der Waals surface area contributed by atoms with Crippen LogP contribution in [0.2, 0.25) is 0 Å². The van der Waals surface area contributed by atoms with Gasteiger partial charge in [-0.3, -0.25) is 4.79 Å². The largest absolute Gasteiger partial charge is 0.481 e. The summed E-state index contributed by atoms with van der Waals surface area (Å²) in [5.41, 5.74) is 1.85. The normalized spacial score (nSPS) is 17.5. The first kappa shape index (κ1) is 18.3. The van der Waals surface area contributed by atoms with E-state index in [0.29, 0.717) is 12.0 Å². The summed E-state index contributed by atoms with van der Waals surface area (Å²) in [6.45, 7) is 0.824. The molecule has 1 N–H and O–H groups in total. The minimum Gasteiger partial charge on any atom is -0.481 e. The van der Waals surface area contributed by atoms with Gasteiger partial charge in [0.25, 0.3) is 0 Å². The third-order valence-corrected chi connectivity index (χ3v) is 4.72. The highest BCUT2D eigenvalue weighted by molar-refractivity contribution is 5.69. The summed E-state index contributed by atoms with van der Waals surface area (Å²) in [5.74, 6) is -0.803. The fourth-order valence-electron chi connectivity index (χ4n) is 3.49. The smallest absolute Gasteiger partial charge is 0.416 e. The van der Waals surface area contributed by atoms with Crippen molar-refractivity contribution in [2.75, 3.05) is 11.4 Å². The third kappa shape index (κ3) is 4.36. The molecule has 6 heteroatoms. The van der Waals surface area contributed by atoms with E-state index in [9.17, 15) is 18.0 Å². The first-order valence-electron chi connectivity index (χ1n) is 8.56. The van der Waals surface area contributed by atoms with E-state index in [-0.39, 0.29) is 12.5 Å². The lowest BCUT2D eigenvalue weighted by molar-refractivity contribution is -0.138. The van der Waals surface area contributed by atoms with Crippen molar-refractivity contribution in [2.24, 2.45) is 0 Å². The summed E-state index contributed by atoms with van der Waals surface area (Å²) in [5, 5.41) is 9.02. The molecule has 1 atom stereocenters. The monoisotopic (exact) mass is 363 g/mol. The molecular formula is C20H20F3NO2. The van der Waals surface area contributed by atoms with Crippen LogP contribution in [0, 0.1) is 0 Å². The molecule has 0 amide bonds. The molecule has 3 nitrogen and oxygen atoms in total. The number of anilines is 1. The number of rotatable bonds is 5. The van der Waals surface area contributed by atoms with Gasteiger partial charge < -0.3 is 10.0 Å². The molecule has 26 heavy (non-hydrogen) atoms. The summed E-state index contributed by atoms with van der Waals surface area (Å²) in [4.78, 5) is 13.1. The highest BCUT2D eigenvalue weighted by atomic mass is 19.4.